The number of sulfonamides is 1. The summed E-state index contributed by atoms with van der Waals surface area (Å²) in [4.78, 5) is 0.101. The molecule has 0 aliphatic carbocycles. The van der Waals surface area contributed by atoms with Crippen molar-refractivity contribution in [3.8, 4) is 5.75 Å². The number of phenols is 1. The minimum Gasteiger partial charge on any atom is -0.506 e. The van der Waals surface area contributed by atoms with Crippen LogP contribution in [0.25, 0.3) is 0 Å². The lowest BCUT2D eigenvalue weighted by molar-refractivity contribution is 0.472. The number of phenolic OH excluding ortho intramolecular Hbond substituents is 1. The molecule has 2 heterocycles. The largest absolute Gasteiger partial charge is 0.506 e. The fraction of sp³-hybridized carbons (Fsp3) is 0.250. The first-order valence-electron chi connectivity index (χ1n) is 5.93. The van der Waals surface area contributed by atoms with Crippen LogP contribution in [0.15, 0.2) is 35.5 Å². The van der Waals surface area contributed by atoms with E-state index in [1.165, 1.54) is 22.8 Å². The van der Waals surface area contributed by atoms with E-state index in [4.69, 9.17) is 0 Å². The molecule has 6 nitrogen and oxygen atoms in total. The van der Waals surface area contributed by atoms with E-state index in [1.54, 1.807) is 6.07 Å². The molecule has 100 valence electrons. The highest BCUT2D eigenvalue weighted by Gasteiger charge is 2.31. The molecule has 2 aromatic rings. The van der Waals surface area contributed by atoms with Crippen molar-refractivity contribution >= 4 is 15.7 Å². The molecule has 0 radical (unpaired) electrons. The molecule has 0 bridgehead atoms. The van der Waals surface area contributed by atoms with Crippen molar-refractivity contribution in [2.24, 2.45) is 0 Å². The molecule has 0 saturated heterocycles. The third-order valence-electron chi connectivity index (χ3n) is 3.22. The highest BCUT2D eigenvalue weighted by Crippen LogP contribution is 2.38. The molecule has 7 heteroatoms. The van der Waals surface area contributed by atoms with Crippen molar-refractivity contribution < 1.29 is 13.5 Å². The van der Waals surface area contributed by atoms with Crippen LogP contribution in [-0.4, -0.2) is 30.3 Å². The SMILES string of the molecule is O=S(=O)(c1cn[nH]c1)N1CCCc2cccc(O)c21. The van der Waals surface area contributed by atoms with Crippen molar-refractivity contribution in [2.45, 2.75) is 17.7 Å². The molecule has 0 fully saturated rings. The lowest BCUT2D eigenvalue weighted by Gasteiger charge is -2.30. The second kappa shape index (κ2) is 4.27. The zero-order valence-electron chi connectivity index (χ0n) is 10.1. The van der Waals surface area contributed by atoms with E-state index < -0.39 is 10.0 Å². The Morgan fingerprint density at radius 2 is 2.21 bits per heavy atom. The summed E-state index contributed by atoms with van der Waals surface area (Å²) in [5.41, 5.74) is 1.23. The van der Waals surface area contributed by atoms with Crippen LogP contribution < -0.4 is 4.31 Å². The minimum absolute atomic E-state index is 0.00994. The molecule has 1 aliphatic heterocycles. The molecule has 19 heavy (non-hydrogen) atoms. The number of aryl methyl sites for hydroxylation is 1. The third kappa shape index (κ3) is 1.86. The van der Waals surface area contributed by atoms with E-state index in [1.807, 2.05) is 6.07 Å². The Balaban J connectivity index is 2.15. The summed E-state index contributed by atoms with van der Waals surface area (Å²) in [6.07, 6.45) is 4.10. The van der Waals surface area contributed by atoms with Gasteiger partial charge in [0.1, 0.15) is 10.6 Å². The minimum atomic E-state index is -3.68. The van der Waals surface area contributed by atoms with E-state index in [0.717, 1.165) is 18.4 Å². The van der Waals surface area contributed by atoms with Crippen LogP contribution in [-0.2, 0) is 16.4 Å². The molecule has 1 aromatic carbocycles. The number of aromatic hydroxyl groups is 1. The predicted molar refractivity (Wildman–Crippen MR) is 69.5 cm³/mol. The van der Waals surface area contributed by atoms with E-state index in [2.05, 4.69) is 10.2 Å². The summed E-state index contributed by atoms with van der Waals surface area (Å²) in [5.74, 6) is -0.00994. The van der Waals surface area contributed by atoms with Crippen LogP contribution in [0.5, 0.6) is 5.75 Å². The Bertz CT molecular complexity index is 695. The van der Waals surface area contributed by atoms with Crippen LogP contribution in [0.2, 0.25) is 0 Å². The van der Waals surface area contributed by atoms with Gasteiger partial charge in [-0.15, -0.1) is 0 Å². The molecule has 2 N–H and O–H groups in total. The smallest absolute Gasteiger partial charge is 0.267 e. The first-order chi connectivity index (χ1) is 9.10. The summed E-state index contributed by atoms with van der Waals surface area (Å²) in [5, 5.41) is 16.1. The maximum Gasteiger partial charge on any atom is 0.267 e. The van der Waals surface area contributed by atoms with Gasteiger partial charge in [-0.3, -0.25) is 9.40 Å². The number of benzene rings is 1. The standard InChI is InChI=1S/C12H13N3O3S/c16-11-5-1-3-9-4-2-6-15(12(9)11)19(17,18)10-7-13-14-8-10/h1,3,5,7-8,16H,2,4,6H2,(H,13,14). The molecule has 0 unspecified atom stereocenters. The lowest BCUT2D eigenvalue weighted by atomic mass is 10.0. The van der Waals surface area contributed by atoms with Crippen molar-refractivity contribution in [3.63, 3.8) is 0 Å². The monoisotopic (exact) mass is 279 g/mol. The summed E-state index contributed by atoms with van der Waals surface area (Å²) in [6, 6.07) is 5.07. The Kier molecular flexibility index (Phi) is 2.70. The van der Waals surface area contributed by atoms with Crippen molar-refractivity contribution in [3.05, 3.63) is 36.2 Å². The van der Waals surface area contributed by atoms with Gasteiger partial charge in [-0.05, 0) is 24.5 Å². The summed E-state index contributed by atoms with van der Waals surface area (Å²) in [6.45, 7) is 0.359. The van der Waals surface area contributed by atoms with Gasteiger partial charge in [0.25, 0.3) is 10.0 Å². The molecule has 1 aromatic heterocycles. The molecular weight excluding hydrogens is 266 g/mol. The molecule has 0 spiro atoms. The molecular formula is C12H13N3O3S. The fourth-order valence-electron chi connectivity index (χ4n) is 2.34. The second-order valence-corrected chi connectivity index (χ2v) is 6.26. The van der Waals surface area contributed by atoms with Crippen molar-refractivity contribution in [2.75, 3.05) is 10.8 Å². The van der Waals surface area contributed by atoms with Crippen molar-refractivity contribution in [1.29, 1.82) is 0 Å². The third-order valence-corrected chi connectivity index (χ3v) is 4.98. The number of para-hydroxylation sites is 1. The number of H-pyrrole nitrogens is 1. The van der Waals surface area contributed by atoms with Gasteiger partial charge in [-0.2, -0.15) is 5.10 Å². The maximum atomic E-state index is 12.5. The van der Waals surface area contributed by atoms with E-state index >= 15 is 0 Å². The molecule has 0 atom stereocenters. The van der Waals surface area contributed by atoms with Crippen LogP contribution in [0.3, 0.4) is 0 Å². The Labute approximate surface area is 110 Å². The Hall–Kier alpha value is -2.02. The highest BCUT2D eigenvalue weighted by molar-refractivity contribution is 7.92. The lowest BCUT2D eigenvalue weighted by Crippen LogP contribution is -2.35. The average Bonchev–Trinajstić information content (AvgIpc) is 2.93. The van der Waals surface area contributed by atoms with Gasteiger partial charge in [-0.25, -0.2) is 8.42 Å². The normalized spacial score (nSPS) is 15.3. The predicted octanol–water partition coefficient (Wildman–Crippen LogP) is 1.26. The van der Waals surface area contributed by atoms with Crippen LogP contribution in [0.1, 0.15) is 12.0 Å². The molecule has 1 aliphatic rings. The Morgan fingerprint density at radius 1 is 1.37 bits per heavy atom. The number of fused-ring (bicyclic) bond motifs is 1. The van der Waals surface area contributed by atoms with Gasteiger partial charge in [0.15, 0.2) is 0 Å². The number of nitrogens with zero attached hydrogens (tertiary/aromatic N) is 2. The first kappa shape index (κ1) is 12.0. The van der Waals surface area contributed by atoms with Crippen molar-refractivity contribution in [1.82, 2.24) is 10.2 Å². The summed E-state index contributed by atoms with van der Waals surface area (Å²) in [7, 11) is -3.68. The van der Waals surface area contributed by atoms with Crippen LogP contribution in [0.4, 0.5) is 5.69 Å². The molecule has 0 saturated carbocycles. The topological polar surface area (TPSA) is 86.3 Å². The number of hydrogen-bond donors (Lipinski definition) is 2. The number of rotatable bonds is 2. The number of hydrogen-bond acceptors (Lipinski definition) is 4. The maximum absolute atomic E-state index is 12.5. The van der Waals surface area contributed by atoms with E-state index in [-0.39, 0.29) is 10.6 Å². The van der Waals surface area contributed by atoms with Gasteiger partial charge in [0, 0.05) is 12.7 Å². The highest BCUT2D eigenvalue weighted by atomic mass is 32.2. The second-order valence-electron chi connectivity index (χ2n) is 4.40. The van der Waals surface area contributed by atoms with E-state index in [0.29, 0.717) is 12.2 Å². The number of aromatic nitrogens is 2. The zero-order valence-corrected chi connectivity index (χ0v) is 10.9. The first-order valence-corrected chi connectivity index (χ1v) is 7.37. The van der Waals surface area contributed by atoms with Gasteiger partial charge in [0.2, 0.25) is 0 Å². The fourth-order valence-corrected chi connectivity index (χ4v) is 3.80. The summed E-state index contributed by atoms with van der Waals surface area (Å²) >= 11 is 0. The van der Waals surface area contributed by atoms with Gasteiger partial charge in [0.05, 0.1) is 11.9 Å². The average molecular weight is 279 g/mol. The van der Waals surface area contributed by atoms with Gasteiger partial charge >= 0.3 is 0 Å². The number of anilines is 1. The molecule has 3 rings (SSSR count). The van der Waals surface area contributed by atoms with Gasteiger partial charge in [-0.1, -0.05) is 12.1 Å². The van der Waals surface area contributed by atoms with Crippen LogP contribution >= 0.6 is 0 Å². The molecule has 0 amide bonds. The quantitative estimate of drug-likeness (QED) is 0.866. The Morgan fingerprint density at radius 3 is 2.95 bits per heavy atom. The van der Waals surface area contributed by atoms with Crippen LogP contribution in [0, 0.1) is 0 Å². The zero-order chi connectivity index (χ0) is 13.5. The van der Waals surface area contributed by atoms with E-state index in [9.17, 15) is 13.5 Å². The van der Waals surface area contributed by atoms with Gasteiger partial charge < -0.3 is 5.11 Å². The number of nitrogens with one attached hydrogen (secondary N) is 1. The number of aromatic amines is 1. The summed E-state index contributed by atoms with van der Waals surface area (Å²) < 4.78 is 26.3.